The van der Waals surface area contributed by atoms with E-state index in [0.29, 0.717) is 30.2 Å². The molecule has 0 unspecified atom stereocenters. The number of carbonyl (C=O) groups is 4. The number of halogens is 1. The highest BCUT2D eigenvalue weighted by Gasteiger charge is 2.50. The first-order chi connectivity index (χ1) is 19.3. The summed E-state index contributed by atoms with van der Waals surface area (Å²) in [7, 11) is 0. The molecule has 1 fully saturated rings. The van der Waals surface area contributed by atoms with E-state index >= 15 is 0 Å². The third kappa shape index (κ3) is 7.86. The highest BCUT2D eigenvalue weighted by atomic mass is 35.5. The number of benzene rings is 2. The van der Waals surface area contributed by atoms with Gasteiger partial charge in [0.2, 0.25) is 11.8 Å². The molecule has 0 spiro atoms. The summed E-state index contributed by atoms with van der Waals surface area (Å²) in [4.78, 5) is 52.4. The van der Waals surface area contributed by atoms with Crippen molar-refractivity contribution in [2.24, 2.45) is 11.3 Å². The van der Waals surface area contributed by atoms with Crippen LogP contribution in [0.2, 0.25) is 5.02 Å². The van der Waals surface area contributed by atoms with Crippen LogP contribution in [-0.4, -0.2) is 59.4 Å². The second-order valence-electron chi connectivity index (χ2n) is 11.4. The minimum atomic E-state index is -1.15. The van der Waals surface area contributed by atoms with Crippen molar-refractivity contribution in [1.82, 2.24) is 10.2 Å². The molecule has 3 N–H and O–H groups in total. The number of piperidine rings is 1. The maximum atomic E-state index is 13.7. The first-order valence-electron chi connectivity index (χ1n) is 13.9. The largest absolute Gasteiger partial charge is 0.466 e. The highest BCUT2D eigenvalue weighted by molar-refractivity contribution is 6.30. The summed E-state index contributed by atoms with van der Waals surface area (Å²) in [6.07, 6.45) is 0.255. The predicted molar refractivity (Wildman–Crippen MR) is 157 cm³/mol. The molecular weight excluding hydrogens is 546 g/mol. The van der Waals surface area contributed by atoms with Gasteiger partial charge in [-0.2, -0.15) is 0 Å². The van der Waals surface area contributed by atoms with Crippen LogP contribution in [-0.2, 0) is 24.7 Å². The summed E-state index contributed by atoms with van der Waals surface area (Å²) in [6, 6.07) is 12.7. The summed E-state index contributed by atoms with van der Waals surface area (Å²) in [5.74, 6) is -1.70. The Balaban J connectivity index is 1.67. The number of likely N-dealkylation sites (tertiary alicyclic amines) is 1. The van der Waals surface area contributed by atoms with E-state index in [-0.39, 0.29) is 42.7 Å². The Bertz CT molecular complexity index is 1260. The molecular formula is C31H40ClN3O6. The summed E-state index contributed by atoms with van der Waals surface area (Å²) in [5, 5.41) is 17.8. The SMILES string of the molecule is CCOC(=O)CCC(=O)Nc1cccc(C(=O)N[C@@H](C(=O)N2CC[C@](O)(c3ccc(Cl)cc3)C(C)(C)C2)C(C)C)c1. The Labute approximate surface area is 246 Å². The van der Waals surface area contributed by atoms with Gasteiger partial charge in [-0.3, -0.25) is 19.2 Å². The van der Waals surface area contributed by atoms with Crippen molar-refractivity contribution in [2.45, 2.75) is 65.5 Å². The average Bonchev–Trinajstić information content (AvgIpc) is 2.92. The molecule has 3 amide bonds. The number of amides is 3. The molecule has 3 rings (SSSR count). The van der Waals surface area contributed by atoms with Gasteiger partial charge in [0, 0.05) is 41.2 Å². The molecule has 1 aliphatic heterocycles. The molecule has 10 heteroatoms. The minimum absolute atomic E-state index is 0.0392. The van der Waals surface area contributed by atoms with Crippen LogP contribution < -0.4 is 10.6 Å². The molecule has 0 radical (unpaired) electrons. The van der Waals surface area contributed by atoms with Gasteiger partial charge >= 0.3 is 5.97 Å². The lowest BCUT2D eigenvalue weighted by molar-refractivity contribution is -0.155. The van der Waals surface area contributed by atoms with Crippen molar-refractivity contribution in [3.8, 4) is 0 Å². The number of ether oxygens (including phenoxy) is 1. The lowest BCUT2D eigenvalue weighted by Crippen LogP contribution is -2.60. The lowest BCUT2D eigenvalue weighted by atomic mass is 9.66. The first-order valence-corrected chi connectivity index (χ1v) is 14.3. The Morgan fingerprint density at radius 3 is 2.37 bits per heavy atom. The normalized spacial score (nSPS) is 18.9. The number of nitrogens with zero attached hydrogens (tertiary/aromatic N) is 1. The van der Waals surface area contributed by atoms with Crippen molar-refractivity contribution >= 4 is 41.0 Å². The zero-order valence-electron chi connectivity index (χ0n) is 24.3. The minimum Gasteiger partial charge on any atom is -0.466 e. The van der Waals surface area contributed by atoms with Crippen molar-refractivity contribution in [2.75, 3.05) is 25.0 Å². The predicted octanol–water partition coefficient (Wildman–Crippen LogP) is 4.52. The summed E-state index contributed by atoms with van der Waals surface area (Å²) in [6.45, 7) is 10.2. The van der Waals surface area contributed by atoms with Gasteiger partial charge in [0.05, 0.1) is 18.6 Å². The Kier molecular flexibility index (Phi) is 10.6. The Morgan fingerprint density at radius 1 is 1.07 bits per heavy atom. The van der Waals surface area contributed by atoms with E-state index in [1.54, 1.807) is 42.2 Å². The average molecular weight is 586 g/mol. The van der Waals surface area contributed by atoms with E-state index < -0.39 is 28.9 Å². The van der Waals surface area contributed by atoms with Crippen molar-refractivity contribution < 1.29 is 29.0 Å². The van der Waals surface area contributed by atoms with Crippen LogP contribution in [0.15, 0.2) is 48.5 Å². The number of rotatable bonds is 10. The number of hydrogen-bond donors (Lipinski definition) is 3. The van der Waals surface area contributed by atoms with E-state index in [1.807, 2.05) is 39.8 Å². The molecule has 0 aliphatic carbocycles. The monoisotopic (exact) mass is 585 g/mol. The van der Waals surface area contributed by atoms with Crippen LogP contribution >= 0.6 is 11.6 Å². The van der Waals surface area contributed by atoms with Gasteiger partial charge in [0.15, 0.2) is 0 Å². The van der Waals surface area contributed by atoms with E-state index in [1.165, 1.54) is 6.07 Å². The molecule has 0 saturated carbocycles. The standard InChI is InChI=1S/C31H40ClN3O6/c1-6-41-26(37)15-14-25(36)33-24-9-7-8-21(18-24)28(38)34-27(20(2)3)29(39)35-17-16-31(40,30(4,5)19-35)22-10-12-23(32)13-11-22/h7-13,18,20,27,40H,6,14-17,19H2,1-5H3,(H,33,36)(H,34,38)/t27-,31+/m1/s1. The number of esters is 1. The van der Waals surface area contributed by atoms with Crippen LogP contribution in [0, 0.1) is 11.3 Å². The quantitative estimate of drug-likeness (QED) is 0.352. The molecule has 9 nitrogen and oxygen atoms in total. The number of carbonyl (C=O) groups excluding carboxylic acids is 4. The van der Waals surface area contributed by atoms with Crippen LogP contribution in [0.5, 0.6) is 0 Å². The number of nitrogens with one attached hydrogen (secondary N) is 2. The van der Waals surface area contributed by atoms with Crippen LogP contribution in [0.3, 0.4) is 0 Å². The molecule has 2 aromatic carbocycles. The highest BCUT2D eigenvalue weighted by Crippen LogP contribution is 2.46. The maximum Gasteiger partial charge on any atom is 0.306 e. The fourth-order valence-electron chi connectivity index (χ4n) is 5.12. The second kappa shape index (κ2) is 13.5. The van der Waals surface area contributed by atoms with Crippen LogP contribution in [0.25, 0.3) is 0 Å². The van der Waals surface area contributed by atoms with Gasteiger partial charge < -0.3 is 25.4 Å². The third-order valence-electron chi connectivity index (χ3n) is 7.57. The number of hydrogen-bond acceptors (Lipinski definition) is 6. The van der Waals surface area contributed by atoms with Gasteiger partial charge in [0.1, 0.15) is 6.04 Å². The van der Waals surface area contributed by atoms with E-state index in [9.17, 15) is 24.3 Å². The van der Waals surface area contributed by atoms with Gasteiger partial charge in [-0.15, -0.1) is 0 Å². The van der Waals surface area contributed by atoms with E-state index in [4.69, 9.17) is 16.3 Å². The van der Waals surface area contributed by atoms with Crippen molar-refractivity contribution in [3.63, 3.8) is 0 Å². The molecule has 222 valence electrons. The molecule has 2 atom stereocenters. The van der Waals surface area contributed by atoms with Gasteiger partial charge in [-0.25, -0.2) is 0 Å². The maximum absolute atomic E-state index is 13.7. The summed E-state index contributed by atoms with van der Waals surface area (Å²) >= 11 is 6.04. The number of aliphatic hydroxyl groups is 1. The molecule has 41 heavy (non-hydrogen) atoms. The van der Waals surface area contributed by atoms with Crippen molar-refractivity contribution in [1.29, 1.82) is 0 Å². The topological polar surface area (TPSA) is 125 Å². The molecule has 2 aromatic rings. The van der Waals surface area contributed by atoms with Crippen LogP contribution in [0.4, 0.5) is 5.69 Å². The van der Waals surface area contributed by atoms with E-state index in [2.05, 4.69) is 10.6 Å². The molecule has 0 aromatic heterocycles. The summed E-state index contributed by atoms with van der Waals surface area (Å²) in [5.41, 5.74) is -0.381. The zero-order chi connectivity index (χ0) is 30.4. The summed E-state index contributed by atoms with van der Waals surface area (Å²) < 4.78 is 4.84. The first kappa shape index (κ1) is 32.1. The number of anilines is 1. The van der Waals surface area contributed by atoms with Crippen LogP contribution in [0.1, 0.15) is 69.8 Å². The van der Waals surface area contributed by atoms with E-state index in [0.717, 1.165) is 5.56 Å². The fourth-order valence-corrected chi connectivity index (χ4v) is 5.24. The Hall–Kier alpha value is -3.43. The molecule has 0 bridgehead atoms. The van der Waals surface area contributed by atoms with Crippen molar-refractivity contribution in [3.05, 3.63) is 64.7 Å². The second-order valence-corrected chi connectivity index (χ2v) is 11.8. The van der Waals surface area contributed by atoms with Gasteiger partial charge in [-0.05, 0) is 55.2 Å². The fraction of sp³-hybridized carbons (Fsp3) is 0.484. The zero-order valence-corrected chi connectivity index (χ0v) is 25.1. The smallest absolute Gasteiger partial charge is 0.306 e. The molecule has 1 saturated heterocycles. The Morgan fingerprint density at radius 2 is 1.76 bits per heavy atom. The molecule has 1 aliphatic rings. The third-order valence-corrected chi connectivity index (χ3v) is 7.82. The van der Waals surface area contributed by atoms with Gasteiger partial charge in [0.25, 0.3) is 5.91 Å². The molecule has 1 heterocycles. The van der Waals surface area contributed by atoms with Gasteiger partial charge in [-0.1, -0.05) is 57.5 Å². The lowest BCUT2D eigenvalue weighted by Gasteiger charge is -2.51.